The van der Waals surface area contributed by atoms with Crippen molar-refractivity contribution in [3.8, 4) is 11.5 Å². The average Bonchev–Trinajstić information content (AvgIpc) is 3.24. The summed E-state index contributed by atoms with van der Waals surface area (Å²) in [6.45, 7) is 0.633. The first-order valence-electron chi connectivity index (χ1n) is 8.10. The quantitative estimate of drug-likeness (QED) is 0.396. The summed E-state index contributed by atoms with van der Waals surface area (Å²) in [6.07, 6.45) is 0.811. The Morgan fingerprint density at radius 3 is 2.77 bits per heavy atom. The number of imidazole rings is 1. The normalized spacial score (nSPS) is 11.3. The second kappa shape index (κ2) is 7.39. The number of para-hydroxylation sites is 2. The molecule has 26 heavy (non-hydrogen) atoms. The molecule has 0 amide bonds. The number of rotatable bonds is 6. The minimum absolute atomic E-state index is 0.0842. The molecule has 6 nitrogen and oxygen atoms in total. The Labute approximate surface area is 158 Å². The third-order valence-corrected chi connectivity index (χ3v) is 5.09. The Hall–Kier alpha value is -2.51. The summed E-state index contributed by atoms with van der Waals surface area (Å²) >= 11 is 7.36. The van der Waals surface area contributed by atoms with Crippen molar-refractivity contribution in [2.45, 2.75) is 18.2 Å². The number of aromatic nitrogens is 4. The second-order valence-corrected chi connectivity index (χ2v) is 7.16. The Kier molecular flexibility index (Phi) is 4.81. The molecule has 0 radical (unpaired) electrons. The third kappa shape index (κ3) is 3.54. The van der Waals surface area contributed by atoms with Crippen LogP contribution in [0.4, 0.5) is 0 Å². The van der Waals surface area contributed by atoms with Gasteiger partial charge in [-0.15, -0.1) is 10.2 Å². The topological polar surface area (TPSA) is 76.7 Å². The Balaban J connectivity index is 1.36. The fourth-order valence-corrected chi connectivity index (χ4v) is 3.50. The highest BCUT2D eigenvalue weighted by Gasteiger charge is 2.10. The molecular weight excluding hydrogens is 372 g/mol. The number of nitrogens with one attached hydrogen (secondary N) is 1. The van der Waals surface area contributed by atoms with Crippen molar-refractivity contribution in [1.82, 2.24) is 19.7 Å². The van der Waals surface area contributed by atoms with Gasteiger partial charge in [-0.05, 0) is 42.8 Å². The molecule has 0 spiro atoms. The van der Waals surface area contributed by atoms with Crippen molar-refractivity contribution in [2.24, 2.45) is 0 Å². The van der Waals surface area contributed by atoms with E-state index in [2.05, 4.69) is 15.2 Å². The van der Waals surface area contributed by atoms with Gasteiger partial charge in [-0.3, -0.25) is 4.57 Å². The Morgan fingerprint density at radius 1 is 1.12 bits per heavy atom. The zero-order valence-electron chi connectivity index (χ0n) is 13.7. The van der Waals surface area contributed by atoms with Gasteiger partial charge in [0, 0.05) is 22.9 Å². The molecule has 2 heterocycles. The van der Waals surface area contributed by atoms with Crippen LogP contribution in [0.5, 0.6) is 0 Å². The van der Waals surface area contributed by atoms with Crippen LogP contribution < -0.4 is 5.69 Å². The van der Waals surface area contributed by atoms with E-state index in [1.54, 1.807) is 16.7 Å². The van der Waals surface area contributed by atoms with Crippen molar-refractivity contribution in [1.29, 1.82) is 0 Å². The highest BCUT2D eigenvalue weighted by Crippen LogP contribution is 2.24. The van der Waals surface area contributed by atoms with E-state index in [0.717, 1.165) is 28.8 Å². The van der Waals surface area contributed by atoms with Crippen LogP contribution in [0.1, 0.15) is 6.42 Å². The van der Waals surface area contributed by atoms with E-state index < -0.39 is 0 Å². The maximum absolute atomic E-state index is 12.0. The van der Waals surface area contributed by atoms with Crippen molar-refractivity contribution in [3.63, 3.8) is 0 Å². The van der Waals surface area contributed by atoms with Crippen molar-refractivity contribution < 1.29 is 4.42 Å². The first-order chi connectivity index (χ1) is 12.7. The summed E-state index contributed by atoms with van der Waals surface area (Å²) in [4.78, 5) is 14.9. The number of nitrogens with zero attached hydrogens (tertiary/aromatic N) is 3. The number of hydrogen-bond donors (Lipinski definition) is 1. The zero-order chi connectivity index (χ0) is 17.9. The largest absolute Gasteiger partial charge is 0.411 e. The second-order valence-electron chi connectivity index (χ2n) is 5.68. The van der Waals surface area contributed by atoms with Crippen LogP contribution >= 0.6 is 23.4 Å². The lowest BCUT2D eigenvalue weighted by Crippen LogP contribution is -2.17. The molecule has 0 saturated carbocycles. The van der Waals surface area contributed by atoms with Gasteiger partial charge in [0.25, 0.3) is 5.22 Å². The van der Waals surface area contributed by atoms with Crippen LogP contribution in [-0.2, 0) is 6.54 Å². The predicted molar refractivity (Wildman–Crippen MR) is 103 cm³/mol. The smallest absolute Gasteiger partial charge is 0.326 e. The number of aromatic amines is 1. The summed E-state index contributed by atoms with van der Waals surface area (Å²) in [6, 6.07) is 14.9. The van der Waals surface area contributed by atoms with Gasteiger partial charge in [-0.25, -0.2) is 4.79 Å². The number of aryl methyl sites for hydroxylation is 1. The minimum Gasteiger partial charge on any atom is -0.411 e. The molecule has 8 heteroatoms. The molecule has 2 aromatic carbocycles. The Bertz CT molecular complexity index is 1080. The Morgan fingerprint density at radius 2 is 1.92 bits per heavy atom. The summed E-state index contributed by atoms with van der Waals surface area (Å²) in [5.74, 6) is 1.24. The number of halogens is 1. The molecule has 0 aliphatic rings. The number of fused-ring (bicyclic) bond motifs is 1. The van der Waals surface area contributed by atoms with Gasteiger partial charge < -0.3 is 9.40 Å². The molecule has 0 aliphatic carbocycles. The molecule has 4 rings (SSSR count). The predicted octanol–water partition coefficient (Wildman–Crippen LogP) is 4.22. The monoisotopic (exact) mass is 386 g/mol. The van der Waals surface area contributed by atoms with Gasteiger partial charge in [-0.1, -0.05) is 35.5 Å². The molecule has 4 aromatic rings. The minimum atomic E-state index is -0.0842. The van der Waals surface area contributed by atoms with Crippen molar-refractivity contribution in [3.05, 3.63) is 64.0 Å². The maximum Gasteiger partial charge on any atom is 0.326 e. The van der Waals surface area contributed by atoms with Gasteiger partial charge in [0.1, 0.15) is 0 Å². The fraction of sp³-hybridized carbons (Fsp3) is 0.167. The molecule has 1 N–H and O–H groups in total. The van der Waals surface area contributed by atoms with E-state index in [1.165, 1.54) is 11.8 Å². The summed E-state index contributed by atoms with van der Waals surface area (Å²) in [7, 11) is 0. The number of thioether (sulfide) groups is 1. The highest BCUT2D eigenvalue weighted by molar-refractivity contribution is 7.99. The van der Waals surface area contributed by atoms with Crippen molar-refractivity contribution >= 4 is 34.4 Å². The van der Waals surface area contributed by atoms with Gasteiger partial charge in [-0.2, -0.15) is 0 Å². The number of H-pyrrole nitrogens is 1. The molecular formula is C18H15ClN4O2S. The van der Waals surface area contributed by atoms with E-state index in [-0.39, 0.29) is 5.69 Å². The molecule has 0 unspecified atom stereocenters. The lowest BCUT2D eigenvalue weighted by molar-refractivity contribution is 0.465. The van der Waals surface area contributed by atoms with Gasteiger partial charge in [0.2, 0.25) is 5.89 Å². The standard InChI is InChI=1S/C18H15ClN4O2S/c19-13-8-6-12(7-9-13)16-21-22-18(25-16)26-11-3-10-23-15-5-2-1-4-14(15)20-17(23)24/h1-2,4-9H,3,10-11H2,(H,20,24). The lowest BCUT2D eigenvalue weighted by atomic mass is 10.2. The lowest BCUT2D eigenvalue weighted by Gasteiger charge is -2.02. The van der Waals surface area contributed by atoms with E-state index in [0.29, 0.717) is 22.7 Å². The number of hydrogen-bond acceptors (Lipinski definition) is 5. The first-order valence-corrected chi connectivity index (χ1v) is 9.47. The van der Waals surface area contributed by atoms with Crippen LogP contribution in [0, 0.1) is 0 Å². The average molecular weight is 387 g/mol. The van der Waals surface area contributed by atoms with Crippen LogP contribution in [0.2, 0.25) is 5.02 Å². The molecule has 0 atom stereocenters. The molecule has 0 saturated heterocycles. The third-order valence-electron chi connectivity index (χ3n) is 3.93. The number of benzene rings is 2. The van der Waals surface area contributed by atoms with Crippen LogP contribution in [0.3, 0.4) is 0 Å². The van der Waals surface area contributed by atoms with Crippen LogP contribution in [0.15, 0.2) is 63.0 Å². The van der Waals surface area contributed by atoms with Gasteiger partial charge >= 0.3 is 5.69 Å². The molecule has 2 aromatic heterocycles. The SMILES string of the molecule is O=c1[nH]c2ccccc2n1CCCSc1nnc(-c2ccc(Cl)cc2)o1. The fourth-order valence-electron chi connectivity index (χ4n) is 2.69. The van der Waals surface area contributed by atoms with Crippen LogP contribution in [0.25, 0.3) is 22.5 Å². The molecule has 0 fully saturated rings. The van der Waals surface area contributed by atoms with E-state index in [1.807, 2.05) is 36.4 Å². The first kappa shape index (κ1) is 16.9. The molecule has 0 aliphatic heterocycles. The summed E-state index contributed by atoms with van der Waals surface area (Å²) < 4.78 is 7.42. The van der Waals surface area contributed by atoms with Gasteiger partial charge in [0.05, 0.1) is 11.0 Å². The maximum atomic E-state index is 12.0. The zero-order valence-corrected chi connectivity index (χ0v) is 15.3. The van der Waals surface area contributed by atoms with Gasteiger partial charge in [0.15, 0.2) is 0 Å². The van der Waals surface area contributed by atoms with Crippen LogP contribution in [-0.4, -0.2) is 25.5 Å². The summed E-state index contributed by atoms with van der Waals surface area (Å²) in [5, 5.41) is 9.29. The molecule has 132 valence electrons. The summed E-state index contributed by atoms with van der Waals surface area (Å²) in [5.41, 5.74) is 2.53. The van der Waals surface area contributed by atoms with Crippen molar-refractivity contribution in [2.75, 3.05) is 5.75 Å². The molecule has 0 bridgehead atoms. The van der Waals surface area contributed by atoms with E-state index in [4.69, 9.17) is 16.0 Å². The van der Waals surface area contributed by atoms with E-state index in [9.17, 15) is 4.79 Å². The highest BCUT2D eigenvalue weighted by atomic mass is 35.5. The van der Waals surface area contributed by atoms with E-state index >= 15 is 0 Å².